The van der Waals surface area contributed by atoms with E-state index in [1.807, 2.05) is 43.3 Å². The molecule has 2 saturated heterocycles. The van der Waals surface area contributed by atoms with E-state index in [4.69, 9.17) is 24.3 Å². The monoisotopic (exact) mass is 560 g/mol. The van der Waals surface area contributed by atoms with Crippen LogP contribution in [0.3, 0.4) is 0 Å². The van der Waals surface area contributed by atoms with Crippen LogP contribution in [-0.2, 0) is 4.74 Å². The highest BCUT2D eigenvalue weighted by molar-refractivity contribution is 5.61. The number of anilines is 4. The summed E-state index contributed by atoms with van der Waals surface area (Å²) in [7, 11) is 0. The first-order valence-corrected chi connectivity index (χ1v) is 14.1. The molecule has 41 heavy (non-hydrogen) atoms. The van der Waals surface area contributed by atoms with Gasteiger partial charge in [-0.05, 0) is 31.9 Å². The predicted octanol–water partition coefficient (Wildman–Crippen LogP) is 2.77. The predicted molar refractivity (Wildman–Crippen MR) is 154 cm³/mol. The molecule has 0 amide bonds. The Morgan fingerprint density at radius 1 is 1.05 bits per heavy atom. The number of nitrogens with one attached hydrogen (secondary N) is 2. The Hall–Kier alpha value is -4.07. The summed E-state index contributed by atoms with van der Waals surface area (Å²) in [5, 5.41) is 23.9. The number of aromatic amines is 1. The zero-order chi connectivity index (χ0) is 28.0. The minimum Gasteiger partial charge on any atom is -0.394 e. The summed E-state index contributed by atoms with van der Waals surface area (Å²) in [4.78, 5) is 21.3. The second-order valence-corrected chi connectivity index (χ2v) is 10.3. The van der Waals surface area contributed by atoms with Gasteiger partial charge in [0.25, 0.3) is 0 Å². The molecule has 1 atom stereocenters. The lowest BCUT2D eigenvalue weighted by molar-refractivity contribution is 0.0724. The van der Waals surface area contributed by atoms with E-state index in [1.165, 1.54) is 0 Å². The van der Waals surface area contributed by atoms with Crippen LogP contribution in [0.25, 0.3) is 11.4 Å². The minimum atomic E-state index is -0.0218. The van der Waals surface area contributed by atoms with Crippen molar-refractivity contribution in [1.82, 2.24) is 35.2 Å². The lowest BCUT2D eigenvalue weighted by atomic mass is 10.1. The molecule has 4 aromatic rings. The summed E-state index contributed by atoms with van der Waals surface area (Å²) in [6.07, 6.45) is 3.67. The van der Waals surface area contributed by atoms with Crippen LogP contribution in [0.15, 0.2) is 47.1 Å². The summed E-state index contributed by atoms with van der Waals surface area (Å²) in [6.45, 7) is 8.19. The molecule has 3 N–H and O–H groups in total. The number of hydrogen-bond acceptors (Lipinski definition) is 12. The molecule has 0 saturated carbocycles. The average molecular weight is 561 g/mol. The maximum atomic E-state index is 8.93. The van der Waals surface area contributed by atoms with Crippen molar-refractivity contribution in [2.24, 2.45) is 0 Å². The number of H-pyrrole nitrogens is 1. The van der Waals surface area contributed by atoms with E-state index in [0.29, 0.717) is 30.8 Å². The van der Waals surface area contributed by atoms with Crippen LogP contribution in [-0.4, -0.2) is 99.4 Å². The van der Waals surface area contributed by atoms with Gasteiger partial charge in [-0.15, -0.1) is 0 Å². The molecule has 2 aliphatic rings. The summed E-state index contributed by atoms with van der Waals surface area (Å²) < 4.78 is 11.3. The van der Waals surface area contributed by atoms with Gasteiger partial charge in [-0.2, -0.15) is 15.1 Å². The Morgan fingerprint density at radius 3 is 2.73 bits per heavy atom. The molecule has 4 aromatic heterocycles. The fraction of sp³-hybridized carbons (Fsp3) is 0.464. The molecule has 13 heteroatoms. The molecule has 6 rings (SSSR count). The third kappa shape index (κ3) is 6.47. The zero-order valence-electron chi connectivity index (χ0n) is 23.2. The van der Waals surface area contributed by atoms with Crippen LogP contribution >= 0.6 is 0 Å². The van der Waals surface area contributed by atoms with Gasteiger partial charge in [0.05, 0.1) is 31.6 Å². The van der Waals surface area contributed by atoms with E-state index >= 15 is 0 Å². The van der Waals surface area contributed by atoms with Gasteiger partial charge in [-0.1, -0.05) is 11.2 Å². The fourth-order valence-electron chi connectivity index (χ4n) is 5.33. The first-order valence-electron chi connectivity index (χ1n) is 14.1. The standard InChI is InChI=1S/C28H36N10O3/c1-20-17-26(34-33-20)30-25-19-27(37-11-9-36(10-12-37)13-15-40-16-14-39)32-28(31-25)38-8-4-6-23(38)24-18-22(35-41-24)21-5-2-3-7-29-21/h2-3,5,7,17-19,23,39H,4,6,8-16H2,1H3,(H2,30,31,32,33,34). The van der Waals surface area contributed by atoms with Crippen LogP contribution < -0.4 is 15.1 Å². The van der Waals surface area contributed by atoms with Crippen molar-refractivity contribution in [3.05, 3.63) is 54.0 Å². The molecule has 1 unspecified atom stereocenters. The van der Waals surface area contributed by atoms with Crippen molar-refractivity contribution in [2.75, 3.05) is 74.2 Å². The number of aliphatic hydroxyl groups is 1. The van der Waals surface area contributed by atoms with Gasteiger partial charge in [0.15, 0.2) is 11.6 Å². The smallest absolute Gasteiger partial charge is 0.229 e. The number of aromatic nitrogens is 6. The Kier molecular flexibility index (Phi) is 8.35. The summed E-state index contributed by atoms with van der Waals surface area (Å²) in [5.74, 6) is 3.70. The van der Waals surface area contributed by atoms with Gasteiger partial charge >= 0.3 is 0 Å². The lowest BCUT2D eigenvalue weighted by Gasteiger charge is -2.35. The van der Waals surface area contributed by atoms with Gasteiger partial charge in [0, 0.05) is 69.4 Å². The lowest BCUT2D eigenvalue weighted by Crippen LogP contribution is -2.47. The van der Waals surface area contributed by atoms with Gasteiger partial charge in [0.1, 0.15) is 17.3 Å². The molecule has 216 valence electrons. The number of aliphatic hydroxyl groups excluding tert-OH is 1. The van der Waals surface area contributed by atoms with Crippen LogP contribution in [0.1, 0.15) is 30.3 Å². The fourth-order valence-corrected chi connectivity index (χ4v) is 5.33. The third-order valence-corrected chi connectivity index (χ3v) is 7.44. The molecule has 0 aliphatic carbocycles. The minimum absolute atomic E-state index is 0.0218. The van der Waals surface area contributed by atoms with E-state index in [2.05, 4.69) is 40.4 Å². The van der Waals surface area contributed by atoms with Crippen LogP contribution in [0, 0.1) is 6.92 Å². The molecule has 2 aliphatic heterocycles. The Labute approximate surface area is 238 Å². The van der Waals surface area contributed by atoms with E-state index in [9.17, 15) is 0 Å². The molecule has 0 aromatic carbocycles. The topological polar surface area (TPSA) is 145 Å². The second-order valence-electron chi connectivity index (χ2n) is 10.3. The van der Waals surface area contributed by atoms with Crippen LogP contribution in [0.4, 0.5) is 23.4 Å². The van der Waals surface area contributed by atoms with Gasteiger partial charge in [0.2, 0.25) is 5.95 Å². The zero-order valence-corrected chi connectivity index (χ0v) is 23.2. The number of rotatable bonds is 11. The molecule has 0 bridgehead atoms. The second kappa shape index (κ2) is 12.6. The largest absolute Gasteiger partial charge is 0.394 e. The highest BCUT2D eigenvalue weighted by Crippen LogP contribution is 2.37. The van der Waals surface area contributed by atoms with Gasteiger partial charge in [-0.3, -0.25) is 15.0 Å². The highest BCUT2D eigenvalue weighted by Gasteiger charge is 2.32. The van der Waals surface area contributed by atoms with Crippen molar-refractivity contribution >= 4 is 23.4 Å². The van der Waals surface area contributed by atoms with Crippen molar-refractivity contribution < 1.29 is 14.4 Å². The van der Waals surface area contributed by atoms with Crippen LogP contribution in [0.5, 0.6) is 0 Å². The molecular weight excluding hydrogens is 524 g/mol. The molecule has 13 nitrogen and oxygen atoms in total. The molecule has 0 spiro atoms. The molecule has 6 heterocycles. The number of ether oxygens (including phenoxy) is 1. The van der Waals surface area contributed by atoms with Crippen molar-refractivity contribution in [3.8, 4) is 11.4 Å². The van der Waals surface area contributed by atoms with Gasteiger partial charge < -0.3 is 29.5 Å². The van der Waals surface area contributed by atoms with Crippen molar-refractivity contribution in [2.45, 2.75) is 25.8 Å². The van der Waals surface area contributed by atoms with E-state index in [1.54, 1.807) is 6.20 Å². The number of pyridine rings is 1. The Bertz CT molecular complexity index is 1400. The number of aryl methyl sites for hydroxylation is 1. The first-order chi connectivity index (χ1) is 20.2. The van der Waals surface area contributed by atoms with Crippen LogP contribution in [0.2, 0.25) is 0 Å². The summed E-state index contributed by atoms with van der Waals surface area (Å²) in [5.41, 5.74) is 2.47. The molecule has 2 fully saturated rings. The molecular formula is C28H36N10O3. The molecule has 0 radical (unpaired) electrons. The Balaban J connectivity index is 1.23. The van der Waals surface area contributed by atoms with E-state index < -0.39 is 0 Å². The quantitative estimate of drug-likeness (QED) is 0.232. The number of piperazine rings is 1. The maximum Gasteiger partial charge on any atom is 0.229 e. The average Bonchev–Trinajstić information content (AvgIpc) is 3.77. The summed E-state index contributed by atoms with van der Waals surface area (Å²) >= 11 is 0. The SMILES string of the molecule is Cc1cc(Nc2cc(N3CCN(CCOCCO)CC3)nc(N3CCCC3c3cc(-c4ccccn4)no3)n2)n[nH]1. The number of nitrogens with zero attached hydrogens (tertiary/aromatic N) is 8. The van der Waals surface area contributed by atoms with Crippen molar-refractivity contribution in [3.63, 3.8) is 0 Å². The first kappa shape index (κ1) is 27.1. The number of hydrogen-bond donors (Lipinski definition) is 3. The Morgan fingerprint density at radius 2 is 1.95 bits per heavy atom. The van der Waals surface area contributed by atoms with Crippen molar-refractivity contribution in [1.29, 1.82) is 0 Å². The normalized spacial score (nSPS) is 17.9. The van der Waals surface area contributed by atoms with E-state index in [-0.39, 0.29) is 12.6 Å². The highest BCUT2D eigenvalue weighted by atomic mass is 16.5. The maximum absolute atomic E-state index is 8.93. The third-order valence-electron chi connectivity index (χ3n) is 7.44. The van der Waals surface area contributed by atoms with Gasteiger partial charge in [-0.25, -0.2) is 0 Å². The van der Waals surface area contributed by atoms with E-state index in [0.717, 1.165) is 80.8 Å². The summed E-state index contributed by atoms with van der Waals surface area (Å²) in [6, 6.07) is 11.7.